The molecule has 3 rings (SSSR count). The summed E-state index contributed by atoms with van der Waals surface area (Å²) in [6, 6.07) is 14.3. The van der Waals surface area contributed by atoms with Crippen molar-refractivity contribution in [3.8, 4) is 11.4 Å². The normalized spacial score (nSPS) is 10.4. The van der Waals surface area contributed by atoms with Gasteiger partial charge in [0, 0.05) is 29.9 Å². The zero-order chi connectivity index (χ0) is 21.0. The maximum atomic E-state index is 12.6. The SMILES string of the molecule is COc1ccccc1CNC(=O)c1nn(-c2ccccc2[N+](=O)[O-])c(C)cc1=O. The number of rotatable bonds is 6. The van der Waals surface area contributed by atoms with E-state index in [0.717, 1.165) is 5.56 Å². The van der Waals surface area contributed by atoms with E-state index < -0.39 is 16.3 Å². The summed E-state index contributed by atoms with van der Waals surface area (Å²) in [4.78, 5) is 35.7. The summed E-state index contributed by atoms with van der Waals surface area (Å²) in [7, 11) is 1.52. The molecule has 3 aromatic rings. The Morgan fingerprint density at radius 3 is 2.62 bits per heavy atom. The standard InChI is InChI=1S/C20H18N4O5/c1-13-11-17(25)19(20(26)21-12-14-7-3-6-10-18(14)29-2)22-23(13)15-8-4-5-9-16(15)24(27)28/h3-11H,12H2,1-2H3,(H,21,26). The highest BCUT2D eigenvalue weighted by atomic mass is 16.6. The Labute approximate surface area is 165 Å². The molecule has 9 nitrogen and oxygen atoms in total. The molecule has 0 bridgehead atoms. The van der Waals surface area contributed by atoms with Gasteiger partial charge in [-0.15, -0.1) is 0 Å². The number of nitrogens with zero attached hydrogens (tertiary/aromatic N) is 3. The molecule has 0 spiro atoms. The Hall–Kier alpha value is -4.01. The van der Waals surface area contributed by atoms with Gasteiger partial charge in [-0.25, -0.2) is 4.68 Å². The van der Waals surface area contributed by atoms with E-state index in [0.29, 0.717) is 11.4 Å². The van der Waals surface area contributed by atoms with Gasteiger partial charge < -0.3 is 10.1 Å². The van der Waals surface area contributed by atoms with Crippen LogP contribution in [0.25, 0.3) is 5.69 Å². The van der Waals surface area contributed by atoms with Crippen LogP contribution in [0.4, 0.5) is 5.69 Å². The van der Waals surface area contributed by atoms with Gasteiger partial charge in [0.25, 0.3) is 11.6 Å². The first-order valence-corrected chi connectivity index (χ1v) is 8.67. The number of carbonyl (C=O) groups is 1. The van der Waals surface area contributed by atoms with E-state index >= 15 is 0 Å². The molecule has 1 aromatic heterocycles. The molecular weight excluding hydrogens is 376 g/mol. The summed E-state index contributed by atoms with van der Waals surface area (Å²) >= 11 is 0. The number of nitrogens with one attached hydrogen (secondary N) is 1. The molecule has 0 atom stereocenters. The highest BCUT2D eigenvalue weighted by Gasteiger charge is 2.20. The van der Waals surface area contributed by atoms with Crippen molar-refractivity contribution >= 4 is 11.6 Å². The first-order valence-electron chi connectivity index (χ1n) is 8.67. The third kappa shape index (κ3) is 4.13. The number of para-hydroxylation sites is 3. The van der Waals surface area contributed by atoms with E-state index in [9.17, 15) is 19.7 Å². The van der Waals surface area contributed by atoms with Gasteiger partial charge >= 0.3 is 0 Å². The summed E-state index contributed by atoms with van der Waals surface area (Å²) in [5, 5.41) is 18.1. The van der Waals surface area contributed by atoms with Gasteiger partial charge in [0.2, 0.25) is 5.43 Å². The van der Waals surface area contributed by atoms with Gasteiger partial charge in [0.05, 0.1) is 12.0 Å². The van der Waals surface area contributed by atoms with Gasteiger partial charge in [-0.2, -0.15) is 5.10 Å². The molecule has 2 aromatic carbocycles. The highest BCUT2D eigenvalue weighted by Crippen LogP contribution is 2.22. The van der Waals surface area contributed by atoms with Crippen LogP contribution in [0.2, 0.25) is 0 Å². The molecule has 0 aliphatic rings. The highest BCUT2D eigenvalue weighted by molar-refractivity contribution is 5.92. The Morgan fingerprint density at radius 1 is 1.21 bits per heavy atom. The first kappa shape index (κ1) is 19.7. The van der Waals surface area contributed by atoms with Crippen LogP contribution in [0, 0.1) is 17.0 Å². The molecule has 0 saturated carbocycles. The number of aryl methyl sites for hydroxylation is 1. The topological polar surface area (TPSA) is 116 Å². The molecule has 148 valence electrons. The second-order valence-electron chi connectivity index (χ2n) is 6.15. The van der Waals surface area contributed by atoms with Gasteiger partial charge in [0.1, 0.15) is 11.4 Å². The molecule has 29 heavy (non-hydrogen) atoms. The quantitative estimate of drug-likeness (QED) is 0.507. The van der Waals surface area contributed by atoms with Crippen molar-refractivity contribution in [3.63, 3.8) is 0 Å². The number of benzene rings is 2. The fourth-order valence-corrected chi connectivity index (χ4v) is 2.85. The Kier molecular flexibility index (Phi) is 5.68. The molecule has 1 heterocycles. The lowest BCUT2D eigenvalue weighted by atomic mass is 10.2. The van der Waals surface area contributed by atoms with Gasteiger partial charge in [0.15, 0.2) is 5.69 Å². The predicted molar refractivity (Wildman–Crippen MR) is 105 cm³/mol. The van der Waals surface area contributed by atoms with Gasteiger partial charge in [-0.1, -0.05) is 30.3 Å². The average Bonchev–Trinajstić information content (AvgIpc) is 2.72. The summed E-state index contributed by atoms with van der Waals surface area (Å²) in [5.74, 6) is -0.0878. The zero-order valence-corrected chi connectivity index (χ0v) is 15.8. The van der Waals surface area contributed by atoms with Crippen LogP contribution < -0.4 is 15.5 Å². The van der Waals surface area contributed by atoms with Crippen LogP contribution >= 0.6 is 0 Å². The van der Waals surface area contributed by atoms with Crippen molar-refractivity contribution in [3.05, 3.63) is 91.9 Å². The zero-order valence-electron chi connectivity index (χ0n) is 15.8. The maximum Gasteiger partial charge on any atom is 0.294 e. The Bertz CT molecular complexity index is 1140. The second-order valence-corrected chi connectivity index (χ2v) is 6.15. The van der Waals surface area contributed by atoms with Crippen LogP contribution in [0.15, 0.2) is 59.4 Å². The third-order valence-corrected chi connectivity index (χ3v) is 4.26. The lowest BCUT2D eigenvalue weighted by Crippen LogP contribution is -2.31. The Morgan fingerprint density at radius 2 is 1.90 bits per heavy atom. The summed E-state index contributed by atoms with van der Waals surface area (Å²) in [5.41, 5.74) is 0.138. The number of hydrogen-bond donors (Lipinski definition) is 1. The number of carbonyl (C=O) groups excluding carboxylic acids is 1. The molecule has 0 saturated heterocycles. The maximum absolute atomic E-state index is 12.6. The van der Waals surface area contributed by atoms with E-state index in [2.05, 4.69) is 10.4 Å². The van der Waals surface area contributed by atoms with Crippen LogP contribution in [0.3, 0.4) is 0 Å². The van der Waals surface area contributed by atoms with Crippen LogP contribution in [0.1, 0.15) is 21.7 Å². The minimum Gasteiger partial charge on any atom is -0.496 e. The fraction of sp³-hybridized carbons (Fsp3) is 0.150. The number of hydrogen-bond acceptors (Lipinski definition) is 6. The summed E-state index contributed by atoms with van der Waals surface area (Å²) in [6.07, 6.45) is 0. The third-order valence-electron chi connectivity index (χ3n) is 4.26. The molecule has 9 heteroatoms. The first-order chi connectivity index (χ1) is 13.9. The van der Waals surface area contributed by atoms with Crippen LogP contribution in [-0.4, -0.2) is 27.7 Å². The van der Waals surface area contributed by atoms with Crippen molar-refractivity contribution in [1.29, 1.82) is 0 Å². The average molecular weight is 394 g/mol. The molecule has 0 aliphatic carbocycles. The van der Waals surface area contributed by atoms with Crippen LogP contribution in [-0.2, 0) is 6.54 Å². The number of ether oxygens (including phenoxy) is 1. The molecular formula is C20H18N4O5. The fourth-order valence-electron chi connectivity index (χ4n) is 2.85. The Balaban J connectivity index is 1.95. The van der Waals surface area contributed by atoms with Crippen molar-refractivity contribution < 1.29 is 14.5 Å². The van der Waals surface area contributed by atoms with E-state index in [1.165, 1.54) is 36.1 Å². The lowest BCUT2D eigenvalue weighted by Gasteiger charge is -2.12. The molecule has 0 aliphatic heterocycles. The number of methoxy groups -OCH3 is 1. The minimum absolute atomic E-state index is 0.128. The summed E-state index contributed by atoms with van der Waals surface area (Å²) in [6.45, 7) is 1.71. The van der Waals surface area contributed by atoms with Gasteiger partial charge in [-0.05, 0) is 19.1 Å². The van der Waals surface area contributed by atoms with E-state index in [1.807, 2.05) is 0 Å². The molecule has 1 N–H and O–H groups in total. The van der Waals surface area contributed by atoms with Crippen molar-refractivity contribution in [2.24, 2.45) is 0 Å². The molecule has 0 unspecified atom stereocenters. The smallest absolute Gasteiger partial charge is 0.294 e. The van der Waals surface area contributed by atoms with Crippen molar-refractivity contribution in [1.82, 2.24) is 15.1 Å². The molecule has 1 amide bonds. The molecule has 0 fully saturated rings. The predicted octanol–water partition coefficient (Wildman–Crippen LogP) is 2.39. The summed E-state index contributed by atoms with van der Waals surface area (Å²) < 4.78 is 6.46. The number of nitro groups is 1. The lowest BCUT2D eigenvalue weighted by molar-refractivity contribution is -0.384. The van der Waals surface area contributed by atoms with Crippen molar-refractivity contribution in [2.45, 2.75) is 13.5 Å². The van der Waals surface area contributed by atoms with E-state index in [1.54, 1.807) is 37.3 Å². The van der Waals surface area contributed by atoms with Gasteiger partial charge in [-0.3, -0.25) is 19.7 Å². The number of amides is 1. The largest absolute Gasteiger partial charge is 0.496 e. The second kappa shape index (κ2) is 8.34. The number of aromatic nitrogens is 2. The molecule has 0 radical (unpaired) electrons. The number of nitro benzene ring substituents is 1. The van der Waals surface area contributed by atoms with Crippen molar-refractivity contribution in [2.75, 3.05) is 7.11 Å². The minimum atomic E-state index is -0.687. The van der Waals surface area contributed by atoms with Crippen LogP contribution in [0.5, 0.6) is 5.75 Å². The van der Waals surface area contributed by atoms with E-state index in [4.69, 9.17) is 4.74 Å². The monoisotopic (exact) mass is 394 g/mol. The van der Waals surface area contributed by atoms with E-state index in [-0.39, 0.29) is 23.6 Å².